The number of ether oxygens (including phenoxy) is 1. The zero-order chi connectivity index (χ0) is 10.7. The summed E-state index contributed by atoms with van der Waals surface area (Å²) < 4.78 is 5.49. The topological polar surface area (TPSA) is 30.8 Å². The van der Waals surface area contributed by atoms with Crippen molar-refractivity contribution in [2.24, 2.45) is 5.16 Å². The fourth-order valence-corrected chi connectivity index (χ4v) is 1.65. The van der Waals surface area contributed by atoms with Crippen LogP contribution in [-0.2, 0) is 4.84 Å². The molecule has 0 aromatic heterocycles. The molecule has 0 fully saturated rings. The zero-order valence-electron chi connectivity index (χ0n) is 8.50. The maximum Gasteiger partial charge on any atom is 0.129 e. The van der Waals surface area contributed by atoms with Gasteiger partial charge in [0.15, 0.2) is 0 Å². The molecular weight excluding hydrogens is 214 g/mol. The smallest absolute Gasteiger partial charge is 0.129 e. The van der Waals surface area contributed by atoms with Gasteiger partial charge >= 0.3 is 0 Å². The molecule has 1 aliphatic heterocycles. The minimum absolute atomic E-state index is 0.577. The van der Waals surface area contributed by atoms with E-state index >= 15 is 0 Å². The van der Waals surface area contributed by atoms with Gasteiger partial charge in [-0.3, -0.25) is 0 Å². The van der Waals surface area contributed by atoms with Crippen molar-refractivity contribution >= 4 is 17.3 Å². The Bertz CT molecular complexity index is 390. The number of halogens is 1. The molecule has 1 aromatic carbocycles. The van der Waals surface area contributed by atoms with Gasteiger partial charge in [-0.15, -0.1) is 0 Å². The first-order chi connectivity index (χ1) is 7.31. The second-order valence-electron chi connectivity index (χ2n) is 3.19. The van der Waals surface area contributed by atoms with E-state index in [0.29, 0.717) is 18.2 Å². The summed E-state index contributed by atoms with van der Waals surface area (Å²) in [5, 5.41) is 4.74. The fourth-order valence-electron chi connectivity index (χ4n) is 1.48. The number of fused-ring (bicyclic) bond motifs is 1. The Hall–Kier alpha value is -1.22. The Balaban J connectivity index is 2.34. The number of rotatable bonds is 2. The van der Waals surface area contributed by atoms with Crippen molar-refractivity contribution < 1.29 is 9.57 Å². The highest BCUT2D eigenvalue weighted by atomic mass is 35.5. The van der Waals surface area contributed by atoms with Gasteiger partial charge in [0.05, 0.1) is 12.3 Å². The van der Waals surface area contributed by atoms with Gasteiger partial charge in [0.25, 0.3) is 0 Å². The predicted molar refractivity (Wildman–Crippen MR) is 59.7 cm³/mol. The van der Waals surface area contributed by atoms with Gasteiger partial charge in [-0.1, -0.05) is 16.8 Å². The molecule has 2 rings (SSSR count). The molecule has 0 aliphatic carbocycles. The summed E-state index contributed by atoms with van der Waals surface area (Å²) in [6.45, 7) is 3.11. The van der Waals surface area contributed by atoms with Crippen LogP contribution in [0.4, 0.5) is 0 Å². The average molecular weight is 226 g/mol. The van der Waals surface area contributed by atoms with E-state index in [1.54, 1.807) is 6.07 Å². The van der Waals surface area contributed by atoms with Crippen molar-refractivity contribution in [1.29, 1.82) is 0 Å². The normalized spacial score (nSPS) is 17.1. The summed E-state index contributed by atoms with van der Waals surface area (Å²) in [5.41, 5.74) is 1.90. The Labute approximate surface area is 93.6 Å². The van der Waals surface area contributed by atoms with Crippen LogP contribution in [0.1, 0.15) is 18.9 Å². The number of hydrogen-bond donors (Lipinski definition) is 0. The van der Waals surface area contributed by atoms with E-state index in [4.69, 9.17) is 21.2 Å². The molecule has 1 aliphatic rings. The lowest BCUT2D eigenvalue weighted by Crippen LogP contribution is -2.16. The summed E-state index contributed by atoms with van der Waals surface area (Å²) >= 11 is 5.88. The molecule has 0 unspecified atom stereocenters. The van der Waals surface area contributed by atoms with E-state index in [1.165, 1.54) is 0 Å². The number of oxime groups is 1. The summed E-state index contributed by atoms with van der Waals surface area (Å²) in [6, 6.07) is 5.54. The Morgan fingerprint density at radius 2 is 2.40 bits per heavy atom. The third-order valence-corrected chi connectivity index (χ3v) is 2.39. The van der Waals surface area contributed by atoms with Gasteiger partial charge in [0.1, 0.15) is 12.4 Å². The molecule has 0 bridgehead atoms. The van der Waals surface area contributed by atoms with Gasteiger partial charge in [-0.25, -0.2) is 0 Å². The first kappa shape index (κ1) is 10.3. The second-order valence-corrected chi connectivity index (χ2v) is 3.63. The maximum absolute atomic E-state index is 5.88. The average Bonchev–Trinajstić information content (AvgIpc) is 2.25. The van der Waals surface area contributed by atoms with Crippen LogP contribution in [0, 0.1) is 0 Å². The van der Waals surface area contributed by atoms with E-state index < -0.39 is 0 Å². The molecule has 0 radical (unpaired) electrons. The highest BCUT2D eigenvalue weighted by molar-refractivity contribution is 6.31. The Kier molecular flexibility index (Phi) is 3.11. The largest absolute Gasteiger partial charge is 0.492 e. The monoisotopic (exact) mass is 225 g/mol. The second kappa shape index (κ2) is 4.53. The van der Waals surface area contributed by atoms with Crippen LogP contribution in [0.25, 0.3) is 0 Å². The van der Waals surface area contributed by atoms with Gasteiger partial charge in [0, 0.05) is 17.0 Å². The molecule has 0 atom stereocenters. The molecule has 1 heterocycles. The molecule has 3 nitrogen and oxygen atoms in total. The summed E-state index contributed by atoms with van der Waals surface area (Å²) in [7, 11) is 0. The zero-order valence-corrected chi connectivity index (χ0v) is 9.25. The van der Waals surface area contributed by atoms with Gasteiger partial charge < -0.3 is 9.57 Å². The van der Waals surface area contributed by atoms with E-state index in [0.717, 1.165) is 23.4 Å². The number of hydrogen-bond acceptors (Lipinski definition) is 3. The number of nitrogens with zero attached hydrogens (tertiary/aromatic N) is 1. The predicted octanol–water partition coefficient (Wildman–Crippen LogP) is 2.86. The molecule has 0 amide bonds. The standard InChI is InChI=1S/C11H12ClNO2/c1-2-15-13-10-5-6-14-11-7-8(12)3-4-9(10)11/h3-4,7H,2,5-6H2,1H3. The van der Waals surface area contributed by atoms with Crippen molar-refractivity contribution in [3.05, 3.63) is 28.8 Å². The molecule has 0 saturated heterocycles. The third kappa shape index (κ3) is 2.23. The highest BCUT2D eigenvalue weighted by Crippen LogP contribution is 2.28. The minimum atomic E-state index is 0.577. The molecule has 1 aromatic rings. The van der Waals surface area contributed by atoms with Gasteiger partial charge in [0.2, 0.25) is 0 Å². The van der Waals surface area contributed by atoms with Crippen molar-refractivity contribution in [2.45, 2.75) is 13.3 Å². The van der Waals surface area contributed by atoms with Crippen LogP contribution in [-0.4, -0.2) is 18.9 Å². The molecule has 80 valence electrons. The summed E-state index contributed by atoms with van der Waals surface area (Å²) in [6.07, 6.45) is 0.772. The fraction of sp³-hybridized carbons (Fsp3) is 0.364. The lowest BCUT2D eigenvalue weighted by atomic mass is 10.0. The van der Waals surface area contributed by atoms with Crippen LogP contribution >= 0.6 is 11.6 Å². The lowest BCUT2D eigenvalue weighted by molar-refractivity contribution is 0.157. The van der Waals surface area contributed by atoms with Crippen molar-refractivity contribution in [3.8, 4) is 5.75 Å². The first-order valence-corrected chi connectivity index (χ1v) is 5.30. The summed E-state index contributed by atoms with van der Waals surface area (Å²) in [5.74, 6) is 0.784. The summed E-state index contributed by atoms with van der Waals surface area (Å²) in [4.78, 5) is 5.06. The van der Waals surface area contributed by atoms with Crippen molar-refractivity contribution in [2.75, 3.05) is 13.2 Å². The SMILES string of the molecule is CCON=C1CCOc2cc(Cl)ccc21. The molecule has 15 heavy (non-hydrogen) atoms. The van der Waals surface area contributed by atoms with Crippen molar-refractivity contribution in [1.82, 2.24) is 0 Å². The number of benzene rings is 1. The van der Waals surface area contributed by atoms with Crippen LogP contribution in [0.3, 0.4) is 0 Å². The Morgan fingerprint density at radius 1 is 1.53 bits per heavy atom. The Morgan fingerprint density at radius 3 is 3.20 bits per heavy atom. The van der Waals surface area contributed by atoms with E-state index in [-0.39, 0.29) is 0 Å². The van der Waals surface area contributed by atoms with E-state index in [1.807, 2.05) is 19.1 Å². The van der Waals surface area contributed by atoms with Crippen LogP contribution < -0.4 is 4.74 Å². The molecule has 0 spiro atoms. The van der Waals surface area contributed by atoms with E-state index in [9.17, 15) is 0 Å². The minimum Gasteiger partial charge on any atom is -0.492 e. The first-order valence-electron chi connectivity index (χ1n) is 4.93. The van der Waals surface area contributed by atoms with Gasteiger partial charge in [-0.2, -0.15) is 0 Å². The van der Waals surface area contributed by atoms with Crippen LogP contribution in [0.2, 0.25) is 5.02 Å². The highest BCUT2D eigenvalue weighted by Gasteiger charge is 2.17. The van der Waals surface area contributed by atoms with Crippen LogP contribution in [0.15, 0.2) is 23.4 Å². The van der Waals surface area contributed by atoms with E-state index in [2.05, 4.69) is 5.16 Å². The molecule has 0 N–H and O–H groups in total. The van der Waals surface area contributed by atoms with Crippen LogP contribution in [0.5, 0.6) is 5.75 Å². The van der Waals surface area contributed by atoms with Crippen molar-refractivity contribution in [3.63, 3.8) is 0 Å². The molecule has 0 saturated carbocycles. The maximum atomic E-state index is 5.88. The quantitative estimate of drug-likeness (QED) is 0.725. The molecule has 4 heteroatoms. The van der Waals surface area contributed by atoms with Gasteiger partial charge in [-0.05, 0) is 25.1 Å². The third-order valence-electron chi connectivity index (χ3n) is 2.15. The molecular formula is C11H12ClNO2. The lowest BCUT2D eigenvalue weighted by Gasteiger charge is -2.18.